The Balaban J connectivity index is 1.60. The van der Waals surface area contributed by atoms with Gasteiger partial charge in [-0.1, -0.05) is 29.8 Å². The van der Waals surface area contributed by atoms with Gasteiger partial charge >= 0.3 is 5.97 Å². The van der Waals surface area contributed by atoms with E-state index < -0.39 is 11.9 Å². The molecule has 9 nitrogen and oxygen atoms in total. The van der Waals surface area contributed by atoms with E-state index in [1.165, 1.54) is 10.9 Å². The zero-order chi connectivity index (χ0) is 23.5. The van der Waals surface area contributed by atoms with Crippen molar-refractivity contribution in [2.24, 2.45) is 0 Å². The predicted octanol–water partition coefficient (Wildman–Crippen LogP) is 4.41. The highest BCUT2D eigenvalue weighted by Crippen LogP contribution is 2.23. The maximum absolute atomic E-state index is 13.0. The molecule has 3 aromatic heterocycles. The molecule has 0 unspecified atom stereocenters. The first kappa shape index (κ1) is 22.3. The summed E-state index contributed by atoms with van der Waals surface area (Å²) in [5.41, 5.74) is 2.34. The number of para-hydroxylation sites is 1. The van der Waals surface area contributed by atoms with Gasteiger partial charge in [-0.2, -0.15) is 10.2 Å². The number of furan rings is 1. The predicted molar refractivity (Wildman–Crippen MR) is 122 cm³/mol. The van der Waals surface area contributed by atoms with Crippen molar-refractivity contribution in [2.45, 2.75) is 27.3 Å². The number of hydrogen-bond donors (Lipinski definition) is 1. The minimum Gasteiger partial charge on any atom is -0.462 e. The van der Waals surface area contributed by atoms with E-state index in [2.05, 4.69) is 15.5 Å². The van der Waals surface area contributed by atoms with Gasteiger partial charge in [-0.3, -0.25) is 9.48 Å². The fourth-order valence-electron chi connectivity index (χ4n) is 3.32. The van der Waals surface area contributed by atoms with Crippen LogP contribution in [0.4, 0.5) is 5.82 Å². The molecule has 1 N–H and O–H groups in total. The molecule has 0 fully saturated rings. The Morgan fingerprint density at radius 1 is 1.15 bits per heavy atom. The molecule has 170 valence electrons. The molecule has 1 aromatic carbocycles. The van der Waals surface area contributed by atoms with Gasteiger partial charge in [0, 0.05) is 0 Å². The van der Waals surface area contributed by atoms with Gasteiger partial charge in [0.05, 0.1) is 41.4 Å². The van der Waals surface area contributed by atoms with Crippen LogP contribution in [0.1, 0.15) is 45.0 Å². The quantitative estimate of drug-likeness (QED) is 0.404. The van der Waals surface area contributed by atoms with Crippen LogP contribution < -0.4 is 5.32 Å². The number of amides is 1. The zero-order valence-electron chi connectivity index (χ0n) is 18.3. The van der Waals surface area contributed by atoms with Crippen molar-refractivity contribution in [3.8, 4) is 5.69 Å². The molecule has 10 heteroatoms. The number of rotatable bonds is 7. The molecule has 0 saturated carbocycles. The van der Waals surface area contributed by atoms with Gasteiger partial charge in [-0.25, -0.2) is 9.48 Å². The lowest BCUT2D eigenvalue weighted by molar-refractivity contribution is 0.0527. The van der Waals surface area contributed by atoms with E-state index in [0.717, 1.165) is 11.4 Å². The monoisotopic (exact) mass is 467 g/mol. The Kier molecular flexibility index (Phi) is 6.32. The van der Waals surface area contributed by atoms with Gasteiger partial charge in [-0.05, 0) is 45.0 Å². The van der Waals surface area contributed by atoms with Crippen LogP contribution >= 0.6 is 11.6 Å². The van der Waals surface area contributed by atoms with Crippen molar-refractivity contribution >= 4 is 29.3 Å². The summed E-state index contributed by atoms with van der Waals surface area (Å²) in [7, 11) is 0. The SMILES string of the molecule is CCOC(=O)c1cnn(-c2ccccc2)c1NC(=O)c1ccc(Cn2nc(C)c(Cl)c2C)o1. The van der Waals surface area contributed by atoms with E-state index >= 15 is 0 Å². The Morgan fingerprint density at radius 3 is 2.58 bits per heavy atom. The highest BCUT2D eigenvalue weighted by atomic mass is 35.5. The Hall–Kier alpha value is -3.85. The van der Waals surface area contributed by atoms with Crippen LogP contribution in [0.2, 0.25) is 5.02 Å². The van der Waals surface area contributed by atoms with Gasteiger partial charge in [0.1, 0.15) is 11.3 Å². The van der Waals surface area contributed by atoms with Crippen molar-refractivity contribution in [3.05, 3.63) is 82.2 Å². The van der Waals surface area contributed by atoms with Crippen molar-refractivity contribution in [3.63, 3.8) is 0 Å². The van der Waals surface area contributed by atoms with Gasteiger partial charge in [-0.15, -0.1) is 0 Å². The third kappa shape index (κ3) is 4.54. The van der Waals surface area contributed by atoms with Gasteiger partial charge in [0.15, 0.2) is 11.6 Å². The number of benzene rings is 1. The molecule has 0 aliphatic carbocycles. The molecule has 0 atom stereocenters. The molecule has 0 aliphatic heterocycles. The van der Waals surface area contributed by atoms with Gasteiger partial charge in [0.25, 0.3) is 5.91 Å². The molecule has 33 heavy (non-hydrogen) atoms. The summed E-state index contributed by atoms with van der Waals surface area (Å²) in [5.74, 6) is -0.321. The van der Waals surface area contributed by atoms with Crippen LogP contribution in [0.5, 0.6) is 0 Å². The second kappa shape index (κ2) is 9.33. The minimum atomic E-state index is -0.587. The number of carbonyl (C=O) groups is 2. The number of aromatic nitrogens is 4. The summed E-state index contributed by atoms with van der Waals surface area (Å²) in [5, 5.41) is 12.0. The highest BCUT2D eigenvalue weighted by molar-refractivity contribution is 6.31. The van der Waals surface area contributed by atoms with Crippen molar-refractivity contribution in [2.75, 3.05) is 11.9 Å². The average Bonchev–Trinajstić information content (AvgIpc) is 3.50. The maximum atomic E-state index is 13.0. The summed E-state index contributed by atoms with van der Waals surface area (Å²) < 4.78 is 14.0. The normalized spacial score (nSPS) is 10.9. The van der Waals surface area contributed by atoms with Crippen LogP contribution in [-0.2, 0) is 11.3 Å². The molecular weight excluding hydrogens is 446 g/mol. The molecule has 0 saturated heterocycles. The Labute approximate surface area is 194 Å². The van der Waals surface area contributed by atoms with Crippen LogP contribution in [0.15, 0.2) is 53.1 Å². The van der Waals surface area contributed by atoms with Gasteiger partial charge < -0.3 is 14.5 Å². The smallest absolute Gasteiger partial charge is 0.343 e. The number of halogens is 1. The van der Waals surface area contributed by atoms with E-state index in [0.29, 0.717) is 23.0 Å². The number of aryl methyl sites for hydroxylation is 1. The number of carbonyl (C=O) groups excluding carboxylic acids is 2. The minimum absolute atomic E-state index is 0.0771. The van der Waals surface area contributed by atoms with Crippen LogP contribution in [0, 0.1) is 13.8 Å². The molecule has 4 aromatic rings. The van der Waals surface area contributed by atoms with Crippen molar-refractivity contribution < 1.29 is 18.7 Å². The van der Waals surface area contributed by atoms with E-state index in [9.17, 15) is 9.59 Å². The van der Waals surface area contributed by atoms with Gasteiger partial charge in [0.2, 0.25) is 0 Å². The first-order valence-corrected chi connectivity index (χ1v) is 10.7. The zero-order valence-corrected chi connectivity index (χ0v) is 19.1. The lowest BCUT2D eigenvalue weighted by atomic mass is 10.3. The Morgan fingerprint density at radius 2 is 1.91 bits per heavy atom. The van der Waals surface area contributed by atoms with E-state index in [4.69, 9.17) is 20.8 Å². The fourth-order valence-corrected chi connectivity index (χ4v) is 3.46. The largest absolute Gasteiger partial charge is 0.462 e. The molecule has 0 radical (unpaired) electrons. The lowest BCUT2D eigenvalue weighted by Crippen LogP contribution is -2.17. The molecule has 0 aliphatic rings. The number of anilines is 1. The standard InChI is InChI=1S/C23H22ClN5O4/c1-4-32-23(31)18-12-25-29(16-8-6-5-7-9-16)21(18)26-22(30)19-11-10-17(33-19)13-28-15(3)20(24)14(2)27-28/h5-12H,4,13H2,1-3H3,(H,26,30). The van der Waals surface area contributed by atoms with Crippen molar-refractivity contribution in [1.29, 1.82) is 0 Å². The molecule has 0 spiro atoms. The number of nitrogens with zero attached hydrogens (tertiary/aromatic N) is 4. The molecular formula is C23H22ClN5O4. The second-order valence-electron chi connectivity index (χ2n) is 7.24. The van der Waals surface area contributed by atoms with Crippen LogP contribution in [-0.4, -0.2) is 38.0 Å². The topological polar surface area (TPSA) is 104 Å². The molecule has 4 rings (SSSR count). The van der Waals surface area contributed by atoms with Crippen LogP contribution in [0.3, 0.4) is 0 Å². The van der Waals surface area contributed by atoms with Crippen LogP contribution in [0.25, 0.3) is 5.69 Å². The molecule has 1 amide bonds. The number of hydrogen-bond acceptors (Lipinski definition) is 6. The maximum Gasteiger partial charge on any atom is 0.343 e. The fraction of sp³-hybridized carbons (Fsp3) is 0.217. The highest BCUT2D eigenvalue weighted by Gasteiger charge is 2.23. The number of nitrogens with one attached hydrogen (secondary N) is 1. The Bertz CT molecular complexity index is 1310. The molecule has 0 bridgehead atoms. The summed E-state index contributed by atoms with van der Waals surface area (Å²) in [6.45, 7) is 5.91. The first-order valence-electron chi connectivity index (χ1n) is 10.3. The third-order valence-corrected chi connectivity index (χ3v) is 5.53. The third-order valence-electron chi connectivity index (χ3n) is 4.98. The number of ether oxygens (including phenoxy) is 1. The van der Waals surface area contributed by atoms with E-state index in [1.54, 1.807) is 23.7 Å². The average molecular weight is 468 g/mol. The van der Waals surface area contributed by atoms with Crippen molar-refractivity contribution in [1.82, 2.24) is 19.6 Å². The summed E-state index contributed by atoms with van der Waals surface area (Å²) >= 11 is 6.20. The summed E-state index contributed by atoms with van der Waals surface area (Å²) in [6.07, 6.45) is 1.36. The van der Waals surface area contributed by atoms with E-state index in [1.807, 2.05) is 44.2 Å². The summed E-state index contributed by atoms with van der Waals surface area (Å²) in [4.78, 5) is 25.4. The second-order valence-corrected chi connectivity index (χ2v) is 7.62. The van der Waals surface area contributed by atoms with E-state index in [-0.39, 0.29) is 23.7 Å². The number of esters is 1. The molecule has 3 heterocycles. The first-order chi connectivity index (χ1) is 15.9. The lowest BCUT2D eigenvalue weighted by Gasteiger charge is -2.10. The summed E-state index contributed by atoms with van der Waals surface area (Å²) in [6, 6.07) is 12.4.